The summed E-state index contributed by atoms with van der Waals surface area (Å²) in [5.74, 6) is 0.163. The Morgan fingerprint density at radius 1 is 1.11 bits per heavy atom. The Morgan fingerprint density at radius 2 is 1.63 bits per heavy atom. The minimum Gasteiger partial charge on any atom is -0.334 e. The van der Waals surface area contributed by atoms with Crippen LogP contribution in [-0.4, -0.2) is 54.2 Å². The van der Waals surface area contributed by atoms with E-state index in [9.17, 15) is 9.59 Å². The molecule has 19 heavy (non-hydrogen) atoms. The number of nitrogens with zero attached hydrogens (tertiary/aromatic N) is 2. The summed E-state index contributed by atoms with van der Waals surface area (Å²) in [5, 5.41) is 0. The molecule has 0 radical (unpaired) electrons. The topological polar surface area (TPSA) is 40.6 Å². The highest BCUT2D eigenvalue weighted by Gasteiger charge is 2.25. The molecule has 0 aromatic rings. The first-order chi connectivity index (χ1) is 8.59. The van der Waals surface area contributed by atoms with Crippen molar-refractivity contribution in [3.63, 3.8) is 0 Å². The van der Waals surface area contributed by atoms with Crippen LogP contribution in [0.25, 0.3) is 0 Å². The molecule has 0 heterocycles. The number of likely N-dealkylation sites (N-methyl/N-ethyl adjacent to an activating group) is 1. The van der Waals surface area contributed by atoms with E-state index in [1.807, 2.05) is 34.7 Å². The molecule has 0 aliphatic carbocycles. The van der Waals surface area contributed by atoms with Crippen LogP contribution in [0.2, 0.25) is 0 Å². The summed E-state index contributed by atoms with van der Waals surface area (Å²) in [5.41, 5.74) is -0.393. The fraction of sp³-hybridized carbons (Fsp3) is 0.867. The highest BCUT2D eigenvalue weighted by atomic mass is 16.2. The van der Waals surface area contributed by atoms with Crippen molar-refractivity contribution >= 4 is 11.7 Å². The Kier molecular flexibility index (Phi) is 7.27. The monoisotopic (exact) mass is 270 g/mol. The number of ketones is 1. The van der Waals surface area contributed by atoms with E-state index in [0.29, 0.717) is 19.0 Å². The van der Waals surface area contributed by atoms with Crippen LogP contribution in [0.3, 0.4) is 0 Å². The van der Waals surface area contributed by atoms with Crippen LogP contribution in [0.5, 0.6) is 0 Å². The quantitative estimate of drug-likeness (QED) is 0.712. The smallest absolute Gasteiger partial charge is 0.222 e. The van der Waals surface area contributed by atoms with E-state index in [4.69, 9.17) is 0 Å². The first kappa shape index (κ1) is 18.1. The predicted molar refractivity (Wildman–Crippen MR) is 79.1 cm³/mol. The van der Waals surface area contributed by atoms with Gasteiger partial charge in [0.1, 0.15) is 0 Å². The average Bonchev–Trinajstić information content (AvgIpc) is 2.31. The molecular weight excluding hydrogens is 240 g/mol. The van der Waals surface area contributed by atoms with Crippen LogP contribution in [0, 0.1) is 5.41 Å². The number of Topliss-reactive ketones (excluding diaryl/α,β-unsaturated/α-hetero) is 1. The molecule has 0 rings (SSSR count). The van der Waals surface area contributed by atoms with Crippen LogP contribution in [-0.2, 0) is 9.59 Å². The Bertz CT molecular complexity index is 306. The molecule has 0 aliphatic heterocycles. The van der Waals surface area contributed by atoms with E-state index >= 15 is 0 Å². The molecule has 0 fully saturated rings. The summed E-state index contributed by atoms with van der Waals surface area (Å²) in [6, 6.07) is 0.442. The molecule has 0 N–H and O–H groups in total. The van der Waals surface area contributed by atoms with Crippen LogP contribution in [0.1, 0.15) is 48.0 Å². The van der Waals surface area contributed by atoms with Crippen molar-refractivity contribution in [2.45, 2.75) is 54.0 Å². The van der Waals surface area contributed by atoms with Gasteiger partial charge in [-0.2, -0.15) is 0 Å². The molecule has 0 saturated heterocycles. The lowest BCUT2D eigenvalue weighted by molar-refractivity contribution is -0.138. The van der Waals surface area contributed by atoms with Gasteiger partial charge in [0.25, 0.3) is 0 Å². The lowest BCUT2D eigenvalue weighted by atomic mass is 9.90. The average molecular weight is 270 g/mol. The molecule has 0 spiro atoms. The van der Waals surface area contributed by atoms with Crippen molar-refractivity contribution < 1.29 is 9.59 Å². The predicted octanol–water partition coefficient (Wildman–Crippen LogP) is 2.18. The minimum atomic E-state index is -0.393. The Hall–Kier alpha value is -0.900. The summed E-state index contributed by atoms with van der Waals surface area (Å²) in [7, 11) is 2.03. The van der Waals surface area contributed by atoms with Crippen LogP contribution < -0.4 is 0 Å². The molecule has 0 saturated carbocycles. The Balaban J connectivity index is 4.58. The molecule has 4 heteroatoms. The fourth-order valence-electron chi connectivity index (χ4n) is 1.46. The SMILES string of the molecule is CCC(=O)N(CCN(C)C(C)C)CC(=O)C(C)(C)C. The van der Waals surface area contributed by atoms with Gasteiger partial charge in [-0.1, -0.05) is 27.7 Å². The minimum absolute atomic E-state index is 0.0507. The van der Waals surface area contributed by atoms with Crippen LogP contribution in [0.4, 0.5) is 0 Å². The van der Waals surface area contributed by atoms with Crippen molar-refractivity contribution in [3.05, 3.63) is 0 Å². The third-order valence-corrected chi connectivity index (χ3v) is 3.43. The standard InChI is InChI=1S/C15H30N2O2/c1-8-14(19)17(10-9-16(7)12(2)3)11-13(18)15(4,5)6/h12H,8-11H2,1-7H3. The van der Waals surface area contributed by atoms with Gasteiger partial charge in [-0.25, -0.2) is 0 Å². The van der Waals surface area contributed by atoms with Gasteiger partial charge in [0, 0.05) is 31.0 Å². The zero-order valence-electron chi connectivity index (χ0n) is 13.6. The highest BCUT2D eigenvalue weighted by molar-refractivity contribution is 5.89. The normalized spacial score (nSPS) is 12.1. The van der Waals surface area contributed by atoms with Crippen molar-refractivity contribution in [1.29, 1.82) is 0 Å². The van der Waals surface area contributed by atoms with Crippen molar-refractivity contribution in [2.24, 2.45) is 5.41 Å². The highest BCUT2D eigenvalue weighted by Crippen LogP contribution is 2.15. The largest absolute Gasteiger partial charge is 0.334 e. The van der Waals surface area contributed by atoms with E-state index in [1.54, 1.807) is 4.90 Å². The summed E-state index contributed by atoms with van der Waals surface area (Å²) in [6.07, 6.45) is 0.447. The van der Waals surface area contributed by atoms with E-state index in [-0.39, 0.29) is 18.2 Å². The number of hydrogen-bond donors (Lipinski definition) is 0. The molecule has 0 unspecified atom stereocenters. The second-order valence-corrected chi connectivity index (χ2v) is 6.42. The molecule has 1 amide bonds. The summed E-state index contributed by atoms with van der Waals surface area (Å²) >= 11 is 0. The molecule has 0 aromatic heterocycles. The number of carbonyl (C=O) groups is 2. The molecule has 4 nitrogen and oxygen atoms in total. The van der Waals surface area contributed by atoms with Crippen LogP contribution >= 0.6 is 0 Å². The molecule has 0 bridgehead atoms. The zero-order chi connectivity index (χ0) is 15.2. The first-order valence-electron chi connectivity index (χ1n) is 7.10. The second-order valence-electron chi connectivity index (χ2n) is 6.42. The summed E-state index contributed by atoms with van der Waals surface area (Å²) in [4.78, 5) is 27.8. The van der Waals surface area contributed by atoms with Crippen molar-refractivity contribution in [2.75, 3.05) is 26.7 Å². The van der Waals surface area contributed by atoms with Crippen LogP contribution in [0.15, 0.2) is 0 Å². The summed E-state index contributed by atoms with van der Waals surface area (Å²) in [6.45, 7) is 13.4. The maximum atomic E-state index is 12.1. The van der Waals surface area contributed by atoms with E-state index in [1.165, 1.54) is 0 Å². The van der Waals surface area contributed by atoms with Gasteiger partial charge in [-0.3, -0.25) is 9.59 Å². The third-order valence-electron chi connectivity index (χ3n) is 3.43. The zero-order valence-corrected chi connectivity index (χ0v) is 13.6. The second kappa shape index (κ2) is 7.63. The molecule has 112 valence electrons. The Morgan fingerprint density at radius 3 is 2.00 bits per heavy atom. The van der Waals surface area contributed by atoms with Gasteiger partial charge in [-0.15, -0.1) is 0 Å². The van der Waals surface area contributed by atoms with E-state index < -0.39 is 5.41 Å². The van der Waals surface area contributed by atoms with Gasteiger partial charge in [0.2, 0.25) is 5.91 Å². The molecular formula is C15H30N2O2. The fourth-order valence-corrected chi connectivity index (χ4v) is 1.46. The molecule has 0 atom stereocenters. The van der Waals surface area contributed by atoms with E-state index in [0.717, 1.165) is 6.54 Å². The number of carbonyl (C=O) groups excluding carboxylic acids is 2. The number of amides is 1. The lowest BCUT2D eigenvalue weighted by Gasteiger charge is -2.29. The van der Waals surface area contributed by atoms with Gasteiger partial charge in [-0.05, 0) is 20.9 Å². The van der Waals surface area contributed by atoms with E-state index in [2.05, 4.69) is 18.7 Å². The number of hydrogen-bond acceptors (Lipinski definition) is 3. The lowest BCUT2D eigenvalue weighted by Crippen LogP contribution is -2.43. The molecule has 0 aromatic carbocycles. The van der Waals surface area contributed by atoms with Gasteiger partial charge < -0.3 is 9.80 Å². The van der Waals surface area contributed by atoms with Gasteiger partial charge >= 0.3 is 0 Å². The van der Waals surface area contributed by atoms with Gasteiger partial charge in [0.15, 0.2) is 5.78 Å². The maximum absolute atomic E-state index is 12.1. The van der Waals surface area contributed by atoms with Gasteiger partial charge in [0.05, 0.1) is 6.54 Å². The molecule has 0 aliphatic rings. The van der Waals surface area contributed by atoms with Crippen molar-refractivity contribution in [1.82, 2.24) is 9.80 Å². The Labute approximate surface area is 118 Å². The maximum Gasteiger partial charge on any atom is 0.222 e. The first-order valence-corrected chi connectivity index (χ1v) is 7.10. The number of rotatable bonds is 7. The third kappa shape index (κ3) is 6.71. The summed E-state index contributed by atoms with van der Waals surface area (Å²) < 4.78 is 0. The van der Waals surface area contributed by atoms with Crippen molar-refractivity contribution in [3.8, 4) is 0 Å².